The highest BCUT2D eigenvalue weighted by Crippen LogP contribution is 2.38. The third-order valence-electron chi connectivity index (χ3n) is 4.43. The van der Waals surface area contributed by atoms with Crippen LogP contribution < -0.4 is 19.5 Å². The fourth-order valence-corrected chi connectivity index (χ4v) is 3.16. The standard InChI is InChI=1S/C18H25NO7/c1-23-13-8-12(9-14(24-2)17(13)25-3)10-15(20)19-18(11-16(21)22)4-6-26-7-5-18/h8-9H,4-7,10-11H2,1-3H3,(H,19,20)(H,21,22). The van der Waals surface area contributed by atoms with E-state index >= 15 is 0 Å². The second-order valence-electron chi connectivity index (χ2n) is 6.22. The number of hydrogen-bond donors (Lipinski definition) is 2. The molecule has 0 saturated carbocycles. The van der Waals surface area contributed by atoms with Crippen molar-refractivity contribution in [3.05, 3.63) is 17.7 Å². The first-order chi connectivity index (χ1) is 12.4. The molecule has 0 aromatic heterocycles. The Balaban J connectivity index is 2.16. The lowest BCUT2D eigenvalue weighted by atomic mass is 9.86. The van der Waals surface area contributed by atoms with Crippen molar-refractivity contribution in [1.82, 2.24) is 5.32 Å². The molecular weight excluding hydrogens is 342 g/mol. The van der Waals surface area contributed by atoms with Gasteiger partial charge in [0.25, 0.3) is 0 Å². The SMILES string of the molecule is COc1cc(CC(=O)NC2(CC(=O)O)CCOCC2)cc(OC)c1OC. The van der Waals surface area contributed by atoms with Crippen LogP contribution in [0.4, 0.5) is 0 Å². The molecule has 8 heteroatoms. The Morgan fingerprint density at radius 2 is 1.69 bits per heavy atom. The maximum Gasteiger partial charge on any atom is 0.305 e. The van der Waals surface area contributed by atoms with Crippen LogP contribution in [0.15, 0.2) is 12.1 Å². The van der Waals surface area contributed by atoms with Crippen molar-refractivity contribution in [3.63, 3.8) is 0 Å². The molecule has 1 saturated heterocycles. The van der Waals surface area contributed by atoms with Crippen LogP contribution in [0.2, 0.25) is 0 Å². The summed E-state index contributed by atoms with van der Waals surface area (Å²) in [5.41, 5.74) is -0.100. The van der Waals surface area contributed by atoms with E-state index < -0.39 is 11.5 Å². The first-order valence-corrected chi connectivity index (χ1v) is 8.32. The van der Waals surface area contributed by atoms with Crippen LogP contribution in [0.1, 0.15) is 24.8 Å². The van der Waals surface area contributed by atoms with Crippen molar-refractivity contribution >= 4 is 11.9 Å². The smallest absolute Gasteiger partial charge is 0.305 e. The fourth-order valence-electron chi connectivity index (χ4n) is 3.16. The Hall–Kier alpha value is -2.48. The van der Waals surface area contributed by atoms with Crippen molar-refractivity contribution in [1.29, 1.82) is 0 Å². The Kier molecular flexibility index (Phi) is 6.68. The van der Waals surface area contributed by atoms with Crippen LogP contribution in [0.25, 0.3) is 0 Å². The highest BCUT2D eigenvalue weighted by molar-refractivity contribution is 5.81. The predicted molar refractivity (Wildman–Crippen MR) is 93.0 cm³/mol. The molecule has 1 aromatic rings. The molecule has 1 amide bonds. The van der Waals surface area contributed by atoms with E-state index in [0.717, 1.165) is 0 Å². The van der Waals surface area contributed by atoms with Gasteiger partial charge in [-0.3, -0.25) is 9.59 Å². The summed E-state index contributed by atoms with van der Waals surface area (Å²) < 4.78 is 21.2. The second-order valence-corrected chi connectivity index (χ2v) is 6.22. The number of aliphatic carboxylic acids is 1. The highest BCUT2D eigenvalue weighted by Gasteiger charge is 2.36. The molecule has 0 aliphatic carbocycles. The van der Waals surface area contributed by atoms with Gasteiger partial charge in [0.2, 0.25) is 11.7 Å². The van der Waals surface area contributed by atoms with Gasteiger partial charge in [-0.25, -0.2) is 0 Å². The highest BCUT2D eigenvalue weighted by atomic mass is 16.5. The largest absolute Gasteiger partial charge is 0.493 e. The van der Waals surface area contributed by atoms with Crippen molar-refractivity contribution in [2.45, 2.75) is 31.2 Å². The fraction of sp³-hybridized carbons (Fsp3) is 0.556. The minimum Gasteiger partial charge on any atom is -0.493 e. The van der Waals surface area contributed by atoms with Gasteiger partial charge in [0.05, 0.1) is 39.7 Å². The monoisotopic (exact) mass is 367 g/mol. The molecule has 0 bridgehead atoms. The summed E-state index contributed by atoms with van der Waals surface area (Å²) in [6, 6.07) is 3.41. The van der Waals surface area contributed by atoms with Crippen molar-refractivity contribution in [2.24, 2.45) is 0 Å². The molecule has 144 valence electrons. The molecule has 2 rings (SSSR count). The summed E-state index contributed by atoms with van der Waals surface area (Å²) in [4.78, 5) is 23.8. The molecule has 8 nitrogen and oxygen atoms in total. The van der Waals surface area contributed by atoms with Crippen molar-refractivity contribution in [3.8, 4) is 17.2 Å². The third kappa shape index (κ3) is 4.78. The van der Waals surface area contributed by atoms with Gasteiger partial charge in [0.15, 0.2) is 11.5 Å². The number of ether oxygens (including phenoxy) is 4. The number of nitrogens with one attached hydrogen (secondary N) is 1. The zero-order valence-electron chi connectivity index (χ0n) is 15.3. The molecule has 1 aliphatic heterocycles. The molecule has 1 fully saturated rings. The summed E-state index contributed by atoms with van der Waals surface area (Å²) in [5, 5.41) is 12.1. The van der Waals surface area contributed by atoms with Gasteiger partial charge < -0.3 is 29.4 Å². The maximum atomic E-state index is 12.6. The molecule has 1 aliphatic rings. The van der Waals surface area contributed by atoms with E-state index in [1.54, 1.807) is 12.1 Å². The number of methoxy groups -OCH3 is 3. The molecule has 0 radical (unpaired) electrons. The quantitative estimate of drug-likeness (QED) is 0.716. The van der Waals surface area contributed by atoms with E-state index in [0.29, 0.717) is 48.9 Å². The molecule has 0 atom stereocenters. The second kappa shape index (κ2) is 8.75. The predicted octanol–water partition coefficient (Wildman–Crippen LogP) is 1.39. The van der Waals surface area contributed by atoms with Crippen LogP contribution in [-0.2, 0) is 20.7 Å². The average Bonchev–Trinajstić information content (AvgIpc) is 2.60. The molecule has 0 unspecified atom stereocenters. The molecular formula is C18H25NO7. The minimum atomic E-state index is -0.944. The number of carbonyl (C=O) groups excluding carboxylic acids is 1. The number of carboxylic acids is 1. The van der Waals surface area contributed by atoms with Gasteiger partial charge in [-0.2, -0.15) is 0 Å². The topological polar surface area (TPSA) is 103 Å². The number of hydrogen-bond acceptors (Lipinski definition) is 6. The van der Waals surface area contributed by atoms with Gasteiger partial charge in [-0.1, -0.05) is 0 Å². The van der Waals surface area contributed by atoms with Crippen LogP contribution in [0.5, 0.6) is 17.2 Å². The van der Waals surface area contributed by atoms with E-state index in [9.17, 15) is 14.7 Å². The Morgan fingerprint density at radius 1 is 1.12 bits per heavy atom. The van der Waals surface area contributed by atoms with Gasteiger partial charge in [0, 0.05) is 13.2 Å². The number of benzene rings is 1. The lowest BCUT2D eigenvalue weighted by Gasteiger charge is -2.36. The van der Waals surface area contributed by atoms with Gasteiger partial charge >= 0.3 is 5.97 Å². The third-order valence-corrected chi connectivity index (χ3v) is 4.43. The number of carbonyl (C=O) groups is 2. The number of amides is 1. The van der Waals surface area contributed by atoms with Crippen LogP contribution in [-0.4, -0.2) is 57.1 Å². The number of carboxylic acid groups (broad SMARTS) is 1. The van der Waals surface area contributed by atoms with E-state index in [-0.39, 0.29) is 18.7 Å². The Labute approximate surface area is 152 Å². The van der Waals surface area contributed by atoms with Gasteiger partial charge in [-0.15, -0.1) is 0 Å². The Morgan fingerprint density at radius 3 is 2.15 bits per heavy atom. The minimum absolute atomic E-state index is 0.0684. The maximum absolute atomic E-state index is 12.6. The number of rotatable bonds is 8. The van der Waals surface area contributed by atoms with Crippen LogP contribution >= 0.6 is 0 Å². The first-order valence-electron chi connectivity index (χ1n) is 8.32. The van der Waals surface area contributed by atoms with Crippen molar-refractivity contribution < 1.29 is 33.6 Å². The first kappa shape index (κ1) is 19.8. The molecule has 26 heavy (non-hydrogen) atoms. The summed E-state index contributed by atoms with van der Waals surface area (Å²) in [6.45, 7) is 0.857. The van der Waals surface area contributed by atoms with Crippen molar-refractivity contribution in [2.75, 3.05) is 34.5 Å². The van der Waals surface area contributed by atoms with Crippen LogP contribution in [0.3, 0.4) is 0 Å². The van der Waals surface area contributed by atoms with E-state index in [2.05, 4.69) is 5.32 Å². The summed E-state index contributed by atoms with van der Waals surface area (Å²) >= 11 is 0. The Bertz CT molecular complexity index is 628. The lowest BCUT2D eigenvalue weighted by molar-refractivity contribution is -0.140. The van der Waals surface area contributed by atoms with Crippen LogP contribution in [0, 0.1) is 0 Å². The van der Waals surface area contributed by atoms with Gasteiger partial charge in [0.1, 0.15) is 0 Å². The summed E-state index contributed by atoms with van der Waals surface area (Å²) in [7, 11) is 4.52. The molecule has 1 heterocycles. The zero-order valence-corrected chi connectivity index (χ0v) is 15.3. The summed E-state index contributed by atoms with van der Waals surface area (Å²) in [5.74, 6) is 0.162. The summed E-state index contributed by atoms with van der Waals surface area (Å²) in [6.07, 6.45) is 0.886. The average molecular weight is 367 g/mol. The van der Waals surface area contributed by atoms with E-state index in [4.69, 9.17) is 18.9 Å². The molecule has 1 aromatic carbocycles. The normalized spacial score (nSPS) is 15.8. The lowest BCUT2D eigenvalue weighted by Crippen LogP contribution is -2.53. The van der Waals surface area contributed by atoms with E-state index in [1.165, 1.54) is 21.3 Å². The molecule has 0 spiro atoms. The van der Waals surface area contributed by atoms with Gasteiger partial charge in [-0.05, 0) is 30.5 Å². The molecule has 2 N–H and O–H groups in total. The van der Waals surface area contributed by atoms with E-state index in [1.807, 2.05) is 0 Å². The zero-order chi connectivity index (χ0) is 19.2.